The third-order valence-electron chi connectivity index (χ3n) is 3.62. The molecule has 0 saturated heterocycles. The number of anilines is 1. The van der Waals surface area contributed by atoms with Crippen LogP contribution in [-0.2, 0) is 0 Å². The normalized spacial score (nSPS) is 10.5. The molecule has 3 rings (SSSR count). The zero-order valence-corrected chi connectivity index (χ0v) is 11.5. The number of aryl methyl sites for hydroxylation is 1. The Morgan fingerprint density at radius 1 is 1.24 bits per heavy atom. The highest BCUT2D eigenvalue weighted by Crippen LogP contribution is 2.25. The molecule has 0 unspecified atom stereocenters. The number of ketones is 1. The number of nitriles is 1. The number of aromatic amines is 1. The first-order valence-electron chi connectivity index (χ1n) is 6.53. The first-order valence-corrected chi connectivity index (χ1v) is 6.53. The van der Waals surface area contributed by atoms with Gasteiger partial charge in [-0.25, -0.2) is 0 Å². The second-order valence-electron chi connectivity index (χ2n) is 4.94. The Morgan fingerprint density at radius 3 is 2.81 bits per heavy atom. The van der Waals surface area contributed by atoms with Gasteiger partial charge in [0.15, 0.2) is 5.78 Å². The third-order valence-corrected chi connectivity index (χ3v) is 3.62. The molecule has 0 spiro atoms. The van der Waals surface area contributed by atoms with Gasteiger partial charge in [-0.2, -0.15) is 5.26 Å². The van der Waals surface area contributed by atoms with Crippen LogP contribution in [0.1, 0.15) is 27.0 Å². The molecular weight excluding hydrogens is 262 g/mol. The number of benzene rings is 2. The molecule has 102 valence electrons. The summed E-state index contributed by atoms with van der Waals surface area (Å²) in [6.45, 7) is 1.87. The number of hydrogen-bond donors (Lipinski definition) is 2. The van der Waals surface area contributed by atoms with Crippen molar-refractivity contribution in [1.82, 2.24) is 4.98 Å². The van der Waals surface area contributed by atoms with Crippen molar-refractivity contribution in [3.8, 4) is 6.07 Å². The van der Waals surface area contributed by atoms with Gasteiger partial charge in [0.1, 0.15) is 0 Å². The summed E-state index contributed by atoms with van der Waals surface area (Å²) >= 11 is 0. The number of rotatable bonds is 2. The zero-order chi connectivity index (χ0) is 15.0. The SMILES string of the molecule is Cc1cccc(C(=O)c2c[nH]c3ccc(C#N)cc23)c1N. The number of nitrogen functional groups attached to an aromatic ring is 1. The van der Waals surface area contributed by atoms with Crippen molar-refractivity contribution >= 4 is 22.4 Å². The van der Waals surface area contributed by atoms with Crippen LogP contribution in [0.5, 0.6) is 0 Å². The van der Waals surface area contributed by atoms with Crippen LogP contribution in [0.3, 0.4) is 0 Å². The molecule has 4 heteroatoms. The molecule has 4 nitrogen and oxygen atoms in total. The Labute approximate surface area is 121 Å². The molecule has 0 aliphatic rings. The monoisotopic (exact) mass is 275 g/mol. The van der Waals surface area contributed by atoms with Gasteiger partial charge in [0.05, 0.1) is 11.6 Å². The number of aromatic nitrogens is 1. The molecule has 0 amide bonds. The molecule has 21 heavy (non-hydrogen) atoms. The van der Waals surface area contributed by atoms with E-state index in [-0.39, 0.29) is 5.78 Å². The number of nitrogens with zero attached hydrogens (tertiary/aromatic N) is 1. The Hall–Kier alpha value is -3.06. The van der Waals surface area contributed by atoms with E-state index in [1.165, 1.54) is 0 Å². The fraction of sp³-hybridized carbons (Fsp3) is 0.0588. The summed E-state index contributed by atoms with van der Waals surface area (Å²) in [5.74, 6) is -0.141. The van der Waals surface area contributed by atoms with Crippen molar-refractivity contribution < 1.29 is 4.79 Å². The number of carbonyl (C=O) groups is 1. The van der Waals surface area contributed by atoms with Crippen LogP contribution in [0.4, 0.5) is 5.69 Å². The predicted octanol–water partition coefficient (Wildman–Crippen LogP) is 3.16. The lowest BCUT2D eigenvalue weighted by Crippen LogP contribution is -2.06. The van der Waals surface area contributed by atoms with E-state index in [9.17, 15) is 4.79 Å². The molecule has 0 fully saturated rings. The molecule has 0 bridgehead atoms. The van der Waals surface area contributed by atoms with Gasteiger partial charge >= 0.3 is 0 Å². The van der Waals surface area contributed by atoms with Crippen LogP contribution in [0, 0.1) is 18.3 Å². The molecule has 2 aromatic carbocycles. The molecule has 1 heterocycles. The fourth-order valence-corrected chi connectivity index (χ4v) is 2.40. The number of carbonyl (C=O) groups excluding carboxylic acids is 1. The van der Waals surface area contributed by atoms with Crippen LogP contribution >= 0.6 is 0 Å². The van der Waals surface area contributed by atoms with Crippen molar-refractivity contribution in [2.45, 2.75) is 6.92 Å². The van der Waals surface area contributed by atoms with E-state index in [0.717, 1.165) is 16.5 Å². The van der Waals surface area contributed by atoms with Gasteiger partial charge in [-0.05, 0) is 36.8 Å². The highest BCUT2D eigenvalue weighted by molar-refractivity contribution is 6.18. The van der Waals surface area contributed by atoms with Gasteiger partial charge < -0.3 is 10.7 Å². The van der Waals surface area contributed by atoms with Crippen molar-refractivity contribution in [1.29, 1.82) is 5.26 Å². The van der Waals surface area contributed by atoms with Crippen LogP contribution in [0.15, 0.2) is 42.6 Å². The van der Waals surface area contributed by atoms with Gasteiger partial charge in [-0.3, -0.25) is 4.79 Å². The summed E-state index contributed by atoms with van der Waals surface area (Å²) in [6, 6.07) is 12.7. The lowest BCUT2D eigenvalue weighted by molar-refractivity contribution is 0.104. The zero-order valence-electron chi connectivity index (χ0n) is 11.5. The minimum Gasteiger partial charge on any atom is -0.398 e. The van der Waals surface area contributed by atoms with Crippen LogP contribution < -0.4 is 5.73 Å². The van der Waals surface area contributed by atoms with Crippen LogP contribution in [-0.4, -0.2) is 10.8 Å². The predicted molar refractivity (Wildman–Crippen MR) is 82.0 cm³/mol. The highest BCUT2D eigenvalue weighted by Gasteiger charge is 2.17. The van der Waals surface area contributed by atoms with E-state index in [2.05, 4.69) is 11.1 Å². The Kier molecular flexibility index (Phi) is 2.96. The molecule has 0 aliphatic carbocycles. The van der Waals surface area contributed by atoms with E-state index in [1.54, 1.807) is 30.5 Å². The summed E-state index contributed by atoms with van der Waals surface area (Å²) in [5.41, 5.74) is 9.73. The van der Waals surface area contributed by atoms with Gasteiger partial charge in [0.2, 0.25) is 0 Å². The van der Waals surface area contributed by atoms with Crippen LogP contribution in [0.25, 0.3) is 10.9 Å². The lowest BCUT2D eigenvalue weighted by atomic mass is 9.98. The molecule has 3 N–H and O–H groups in total. The van der Waals surface area contributed by atoms with E-state index in [4.69, 9.17) is 11.0 Å². The van der Waals surface area contributed by atoms with E-state index >= 15 is 0 Å². The standard InChI is InChI=1S/C17H13N3O/c1-10-3-2-4-12(16(10)19)17(21)14-9-20-15-6-5-11(8-18)7-13(14)15/h2-7,9,20H,19H2,1H3. The quantitative estimate of drug-likeness (QED) is 0.556. The Balaban J connectivity index is 2.18. The summed E-state index contributed by atoms with van der Waals surface area (Å²) in [5, 5.41) is 9.73. The molecule has 0 radical (unpaired) electrons. The van der Waals surface area contributed by atoms with Crippen LogP contribution in [0.2, 0.25) is 0 Å². The number of nitrogens with one attached hydrogen (secondary N) is 1. The van der Waals surface area contributed by atoms with Gasteiger partial charge in [-0.15, -0.1) is 0 Å². The molecule has 0 atom stereocenters. The number of para-hydroxylation sites is 1. The average molecular weight is 275 g/mol. The Bertz CT molecular complexity index is 900. The lowest BCUT2D eigenvalue weighted by Gasteiger charge is -2.06. The second kappa shape index (κ2) is 4.80. The van der Waals surface area contributed by atoms with E-state index in [1.807, 2.05) is 19.1 Å². The summed E-state index contributed by atoms with van der Waals surface area (Å²) in [6.07, 6.45) is 1.66. The summed E-state index contributed by atoms with van der Waals surface area (Å²) in [4.78, 5) is 15.8. The number of fused-ring (bicyclic) bond motifs is 1. The van der Waals surface area contributed by atoms with Gasteiger partial charge in [0, 0.05) is 33.9 Å². The topological polar surface area (TPSA) is 82.7 Å². The minimum absolute atomic E-state index is 0.141. The number of nitrogens with two attached hydrogens (primary N) is 1. The molecule has 0 aliphatic heterocycles. The summed E-state index contributed by atoms with van der Waals surface area (Å²) < 4.78 is 0. The molecular formula is C17H13N3O. The van der Waals surface area contributed by atoms with Crippen molar-refractivity contribution in [2.24, 2.45) is 0 Å². The highest BCUT2D eigenvalue weighted by atomic mass is 16.1. The summed E-state index contributed by atoms with van der Waals surface area (Å²) in [7, 11) is 0. The molecule has 1 aromatic heterocycles. The van der Waals surface area contributed by atoms with E-state index in [0.29, 0.717) is 22.4 Å². The van der Waals surface area contributed by atoms with Crippen molar-refractivity contribution in [3.63, 3.8) is 0 Å². The largest absolute Gasteiger partial charge is 0.398 e. The number of hydrogen-bond acceptors (Lipinski definition) is 3. The van der Waals surface area contributed by atoms with Crippen molar-refractivity contribution in [2.75, 3.05) is 5.73 Å². The number of H-pyrrole nitrogens is 1. The maximum atomic E-state index is 12.7. The maximum Gasteiger partial charge on any atom is 0.197 e. The fourth-order valence-electron chi connectivity index (χ4n) is 2.40. The van der Waals surface area contributed by atoms with E-state index < -0.39 is 0 Å². The third kappa shape index (κ3) is 2.05. The van der Waals surface area contributed by atoms with Gasteiger partial charge in [-0.1, -0.05) is 12.1 Å². The minimum atomic E-state index is -0.141. The second-order valence-corrected chi connectivity index (χ2v) is 4.94. The maximum absolute atomic E-state index is 12.7. The van der Waals surface area contributed by atoms with Gasteiger partial charge in [0.25, 0.3) is 0 Å². The Morgan fingerprint density at radius 2 is 2.05 bits per heavy atom. The van der Waals surface area contributed by atoms with Crippen molar-refractivity contribution in [3.05, 3.63) is 64.8 Å². The first kappa shape index (κ1) is 12.9. The molecule has 0 saturated carbocycles. The first-order chi connectivity index (χ1) is 10.1. The average Bonchev–Trinajstić information content (AvgIpc) is 2.92. The molecule has 3 aromatic rings. The smallest absolute Gasteiger partial charge is 0.197 e.